The van der Waals surface area contributed by atoms with Gasteiger partial charge in [0.1, 0.15) is 5.83 Å². The molecule has 0 nitrogen and oxygen atoms in total. The molecule has 16 heavy (non-hydrogen) atoms. The number of hydrogen-bond acceptors (Lipinski definition) is 0. The van der Waals surface area contributed by atoms with E-state index in [0.29, 0.717) is 5.56 Å². The smallest absolute Gasteiger partial charge is 0.131 e. The van der Waals surface area contributed by atoms with E-state index in [1.165, 1.54) is 6.08 Å². The number of rotatable bonds is 2. The molecule has 2 heteroatoms. The number of halogens is 2. The minimum absolute atomic E-state index is 0.220. The highest BCUT2D eigenvalue weighted by Crippen LogP contribution is 2.20. The molecule has 0 N–H and O–H groups in total. The summed E-state index contributed by atoms with van der Waals surface area (Å²) in [6.07, 6.45) is 1.53. The van der Waals surface area contributed by atoms with Gasteiger partial charge in [0.25, 0.3) is 0 Å². The van der Waals surface area contributed by atoms with Gasteiger partial charge in [-0.25, -0.2) is 4.39 Å². The van der Waals surface area contributed by atoms with Crippen LogP contribution < -0.4 is 0 Å². The summed E-state index contributed by atoms with van der Waals surface area (Å²) < 4.78 is 14.8. The third-order valence-corrected chi connectivity index (χ3v) is 2.74. The van der Waals surface area contributed by atoms with E-state index in [1.807, 2.05) is 42.5 Å². The van der Waals surface area contributed by atoms with Gasteiger partial charge in [0.05, 0.1) is 0 Å². The molecule has 0 saturated carbocycles. The fourth-order valence-electron chi connectivity index (χ4n) is 1.39. The zero-order chi connectivity index (χ0) is 11.4. The zero-order valence-electron chi connectivity index (χ0n) is 8.53. The second-order valence-electron chi connectivity index (χ2n) is 3.41. The second-order valence-corrected chi connectivity index (χ2v) is 4.33. The summed E-state index contributed by atoms with van der Waals surface area (Å²) in [5.41, 5.74) is 1.45. The minimum Gasteiger partial charge on any atom is -0.206 e. The highest BCUT2D eigenvalue weighted by Gasteiger charge is 1.98. The molecule has 0 saturated heterocycles. The molecule has 80 valence electrons. The Morgan fingerprint density at radius 2 is 1.56 bits per heavy atom. The Kier molecular flexibility index (Phi) is 3.52. The second kappa shape index (κ2) is 5.08. The van der Waals surface area contributed by atoms with Crippen LogP contribution in [0.5, 0.6) is 0 Å². The Balaban J connectivity index is 2.28. The fourth-order valence-corrected chi connectivity index (χ4v) is 1.65. The summed E-state index contributed by atoms with van der Waals surface area (Å²) >= 11 is 3.34. The molecule has 0 aliphatic carbocycles. The average molecular weight is 277 g/mol. The molecule has 2 aromatic carbocycles. The standard InChI is InChI=1S/C14H10BrF/c15-13-8-6-11(7-9-13)10-14(16)12-4-2-1-3-5-12/h1-10H/b14-10-. The third-order valence-electron chi connectivity index (χ3n) is 2.21. The Labute approximate surface area is 103 Å². The first-order valence-corrected chi connectivity index (χ1v) is 5.73. The van der Waals surface area contributed by atoms with E-state index in [4.69, 9.17) is 0 Å². The molecule has 2 aromatic rings. The highest BCUT2D eigenvalue weighted by molar-refractivity contribution is 9.10. The zero-order valence-corrected chi connectivity index (χ0v) is 10.1. The predicted molar refractivity (Wildman–Crippen MR) is 69.6 cm³/mol. The van der Waals surface area contributed by atoms with Gasteiger partial charge in [-0.3, -0.25) is 0 Å². The molecule has 0 unspecified atom stereocenters. The summed E-state index contributed by atoms with van der Waals surface area (Å²) in [6.45, 7) is 0. The summed E-state index contributed by atoms with van der Waals surface area (Å²) in [6, 6.07) is 16.5. The van der Waals surface area contributed by atoms with Crippen molar-refractivity contribution in [3.05, 3.63) is 70.2 Å². The first-order valence-electron chi connectivity index (χ1n) is 4.94. The molecule has 0 atom stereocenters. The summed E-state index contributed by atoms with van der Waals surface area (Å²) in [4.78, 5) is 0. The van der Waals surface area contributed by atoms with Gasteiger partial charge in [0, 0.05) is 10.0 Å². The van der Waals surface area contributed by atoms with Crippen molar-refractivity contribution in [2.45, 2.75) is 0 Å². The fraction of sp³-hybridized carbons (Fsp3) is 0. The molecular formula is C14H10BrF. The molecule has 0 spiro atoms. The van der Waals surface area contributed by atoms with Gasteiger partial charge in [-0.05, 0) is 23.8 Å². The van der Waals surface area contributed by atoms with E-state index >= 15 is 0 Å². The average Bonchev–Trinajstić information content (AvgIpc) is 2.33. The molecule has 0 amide bonds. The monoisotopic (exact) mass is 276 g/mol. The van der Waals surface area contributed by atoms with E-state index in [2.05, 4.69) is 15.9 Å². The maximum absolute atomic E-state index is 13.8. The first-order chi connectivity index (χ1) is 7.75. The van der Waals surface area contributed by atoms with Crippen molar-refractivity contribution in [3.8, 4) is 0 Å². The third kappa shape index (κ3) is 2.80. The van der Waals surface area contributed by atoms with Crippen LogP contribution in [-0.4, -0.2) is 0 Å². The van der Waals surface area contributed by atoms with Gasteiger partial charge in [0.2, 0.25) is 0 Å². The Morgan fingerprint density at radius 1 is 0.938 bits per heavy atom. The molecule has 0 aliphatic heterocycles. The molecule has 0 aromatic heterocycles. The van der Waals surface area contributed by atoms with Crippen LogP contribution in [0, 0.1) is 0 Å². The van der Waals surface area contributed by atoms with E-state index in [1.54, 1.807) is 12.1 Å². The topological polar surface area (TPSA) is 0 Å². The van der Waals surface area contributed by atoms with Crippen LogP contribution in [-0.2, 0) is 0 Å². The number of benzene rings is 2. The van der Waals surface area contributed by atoms with Crippen LogP contribution in [0.4, 0.5) is 4.39 Å². The SMILES string of the molecule is F/C(=C\c1ccc(Br)cc1)c1ccccc1. The van der Waals surface area contributed by atoms with E-state index in [-0.39, 0.29) is 5.83 Å². The van der Waals surface area contributed by atoms with Crippen LogP contribution in [0.3, 0.4) is 0 Å². The van der Waals surface area contributed by atoms with Crippen molar-refractivity contribution in [2.24, 2.45) is 0 Å². The Bertz CT molecular complexity index is 486. The lowest BCUT2D eigenvalue weighted by atomic mass is 10.1. The van der Waals surface area contributed by atoms with Crippen molar-refractivity contribution in [2.75, 3.05) is 0 Å². The van der Waals surface area contributed by atoms with E-state index in [9.17, 15) is 4.39 Å². The Hall–Kier alpha value is -1.41. The van der Waals surface area contributed by atoms with Gasteiger partial charge in [-0.15, -0.1) is 0 Å². The lowest BCUT2D eigenvalue weighted by Gasteiger charge is -1.98. The molecule has 0 aliphatic rings. The molecule has 0 bridgehead atoms. The van der Waals surface area contributed by atoms with Gasteiger partial charge in [0.15, 0.2) is 0 Å². The van der Waals surface area contributed by atoms with E-state index < -0.39 is 0 Å². The molecule has 2 rings (SSSR count). The maximum atomic E-state index is 13.8. The van der Waals surface area contributed by atoms with Crippen LogP contribution in [0.25, 0.3) is 11.9 Å². The Morgan fingerprint density at radius 3 is 2.19 bits per heavy atom. The van der Waals surface area contributed by atoms with Crippen LogP contribution in [0.2, 0.25) is 0 Å². The lowest BCUT2D eigenvalue weighted by Crippen LogP contribution is -1.77. The molecular weight excluding hydrogens is 267 g/mol. The van der Waals surface area contributed by atoms with Gasteiger partial charge >= 0.3 is 0 Å². The molecule has 0 heterocycles. The predicted octanol–water partition coefficient (Wildman–Crippen LogP) is 4.92. The van der Waals surface area contributed by atoms with Crippen molar-refractivity contribution in [1.29, 1.82) is 0 Å². The lowest BCUT2D eigenvalue weighted by molar-refractivity contribution is 0.765. The summed E-state index contributed by atoms with van der Waals surface area (Å²) in [5.74, 6) is -0.220. The quantitative estimate of drug-likeness (QED) is 0.684. The summed E-state index contributed by atoms with van der Waals surface area (Å²) in [7, 11) is 0. The van der Waals surface area contributed by atoms with Gasteiger partial charge in [-0.1, -0.05) is 58.4 Å². The van der Waals surface area contributed by atoms with E-state index in [0.717, 1.165) is 10.0 Å². The van der Waals surface area contributed by atoms with Crippen LogP contribution in [0.15, 0.2) is 59.1 Å². The molecule has 0 radical (unpaired) electrons. The number of hydrogen-bond donors (Lipinski definition) is 0. The van der Waals surface area contributed by atoms with Gasteiger partial charge < -0.3 is 0 Å². The maximum Gasteiger partial charge on any atom is 0.131 e. The van der Waals surface area contributed by atoms with Gasteiger partial charge in [-0.2, -0.15) is 0 Å². The van der Waals surface area contributed by atoms with Crippen LogP contribution >= 0.6 is 15.9 Å². The van der Waals surface area contributed by atoms with Crippen molar-refractivity contribution >= 4 is 27.8 Å². The molecule has 0 fully saturated rings. The normalized spacial score (nSPS) is 11.5. The van der Waals surface area contributed by atoms with Crippen LogP contribution in [0.1, 0.15) is 11.1 Å². The minimum atomic E-state index is -0.220. The van der Waals surface area contributed by atoms with Crippen molar-refractivity contribution < 1.29 is 4.39 Å². The van der Waals surface area contributed by atoms with Crippen molar-refractivity contribution in [3.63, 3.8) is 0 Å². The first kappa shape index (κ1) is 11.1. The largest absolute Gasteiger partial charge is 0.206 e. The van der Waals surface area contributed by atoms with Crippen molar-refractivity contribution in [1.82, 2.24) is 0 Å². The summed E-state index contributed by atoms with van der Waals surface area (Å²) in [5, 5.41) is 0. The highest BCUT2D eigenvalue weighted by atomic mass is 79.9.